The zero-order valence-corrected chi connectivity index (χ0v) is 8.81. The topological polar surface area (TPSA) is 53.4 Å². The number of β-amino-alcohol motifs (C(OH)–C–C–N with tert-alkyl or cyclic N) is 1. The van der Waals surface area contributed by atoms with Gasteiger partial charge in [0, 0.05) is 19.3 Å². The van der Waals surface area contributed by atoms with Gasteiger partial charge in [0.05, 0.1) is 11.1 Å². The maximum Gasteiger partial charge on any atom is 0.272 e. The van der Waals surface area contributed by atoms with Crippen LogP contribution >= 0.6 is 11.6 Å². The lowest BCUT2D eigenvalue weighted by Gasteiger charge is -2.14. The molecule has 1 saturated heterocycles. The van der Waals surface area contributed by atoms with E-state index in [-0.39, 0.29) is 5.91 Å². The van der Waals surface area contributed by atoms with E-state index in [1.807, 2.05) is 0 Å². The van der Waals surface area contributed by atoms with E-state index < -0.39 is 6.10 Å². The van der Waals surface area contributed by atoms with Gasteiger partial charge in [0.2, 0.25) is 0 Å². The molecule has 0 bridgehead atoms. The van der Waals surface area contributed by atoms with Gasteiger partial charge >= 0.3 is 0 Å². The average Bonchev–Trinajstić information content (AvgIpc) is 2.65. The molecule has 1 aromatic heterocycles. The van der Waals surface area contributed by atoms with E-state index in [0.717, 1.165) is 0 Å². The van der Waals surface area contributed by atoms with Gasteiger partial charge in [-0.3, -0.25) is 4.79 Å². The molecular formula is C10H11ClN2O2. The second kappa shape index (κ2) is 4.16. The minimum atomic E-state index is -0.402. The molecule has 1 atom stereocenters. The number of likely N-dealkylation sites (tertiary alicyclic amines) is 1. The summed E-state index contributed by atoms with van der Waals surface area (Å²) in [5, 5.41) is 9.81. The van der Waals surface area contributed by atoms with Crippen molar-refractivity contribution in [2.24, 2.45) is 0 Å². The van der Waals surface area contributed by atoms with Crippen molar-refractivity contribution in [1.29, 1.82) is 0 Å². The molecule has 0 spiro atoms. The summed E-state index contributed by atoms with van der Waals surface area (Å²) in [6, 6.07) is 3.23. The number of aliphatic hydroxyl groups is 1. The molecule has 1 aromatic rings. The Morgan fingerprint density at radius 1 is 1.60 bits per heavy atom. The number of halogens is 1. The minimum Gasteiger partial charge on any atom is -0.391 e. The number of aromatic nitrogens is 1. The van der Waals surface area contributed by atoms with Gasteiger partial charge in [0.25, 0.3) is 5.91 Å². The fraction of sp³-hybridized carbons (Fsp3) is 0.400. The molecule has 0 aliphatic carbocycles. The van der Waals surface area contributed by atoms with Crippen LogP contribution in [0.15, 0.2) is 18.3 Å². The maximum absolute atomic E-state index is 11.8. The number of aliphatic hydroxyl groups excluding tert-OH is 1. The standard InChI is InChI=1S/C10H11ClN2O2/c11-7-1-2-9(12-5-7)10(15)13-4-3-8(14)6-13/h1-2,5,8,14H,3-4,6H2/t8-/m1/s1. The van der Waals surface area contributed by atoms with Crippen molar-refractivity contribution in [2.75, 3.05) is 13.1 Å². The van der Waals surface area contributed by atoms with Crippen LogP contribution in [0.3, 0.4) is 0 Å². The molecular weight excluding hydrogens is 216 g/mol. The van der Waals surface area contributed by atoms with Gasteiger partial charge in [-0.05, 0) is 18.6 Å². The van der Waals surface area contributed by atoms with Crippen LogP contribution in [0.2, 0.25) is 5.02 Å². The highest BCUT2D eigenvalue weighted by Crippen LogP contribution is 2.13. The first-order chi connectivity index (χ1) is 7.16. The number of carbonyl (C=O) groups excluding carboxylic acids is 1. The van der Waals surface area contributed by atoms with Gasteiger partial charge in [-0.25, -0.2) is 4.98 Å². The number of hydrogen-bond donors (Lipinski definition) is 1. The summed E-state index contributed by atoms with van der Waals surface area (Å²) in [6.07, 6.45) is 1.68. The average molecular weight is 227 g/mol. The monoisotopic (exact) mass is 226 g/mol. The summed E-state index contributed by atoms with van der Waals surface area (Å²) < 4.78 is 0. The Morgan fingerprint density at radius 3 is 2.93 bits per heavy atom. The number of pyridine rings is 1. The Kier molecular flexibility index (Phi) is 2.88. The third kappa shape index (κ3) is 2.27. The molecule has 0 saturated carbocycles. The molecule has 0 unspecified atom stereocenters. The highest BCUT2D eigenvalue weighted by molar-refractivity contribution is 6.30. The number of rotatable bonds is 1. The van der Waals surface area contributed by atoms with Crippen molar-refractivity contribution >= 4 is 17.5 Å². The highest BCUT2D eigenvalue weighted by atomic mass is 35.5. The summed E-state index contributed by atoms with van der Waals surface area (Å²) in [5.41, 5.74) is 0.369. The summed E-state index contributed by atoms with van der Waals surface area (Å²) >= 11 is 5.67. The van der Waals surface area contributed by atoms with E-state index in [0.29, 0.717) is 30.2 Å². The summed E-state index contributed by atoms with van der Waals surface area (Å²) in [6.45, 7) is 0.980. The van der Waals surface area contributed by atoms with Gasteiger partial charge in [-0.2, -0.15) is 0 Å². The third-order valence-electron chi connectivity index (χ3n) is 2.40. The number of nitrogens with zero attached hydrogens (tertiary/aromatic N) is 2. The number of carbonyl (C=O) groups is 1. The van der Waals surface area contributed by atoms with Crippen LogP contribution < -0.4 is 0 Å². The molecule has 1 N–H and O–H groups in total. The molecule has 5 heteroatoms. The van der Waals surface area contributed by atoms with Crippen molar-refractivity contribution in [3.05, 3.63) is 29.0 Å². The normalized spacial score (nSPS) is 20.7. The van der Waals surface area contributed by atoms with Crippen LogP contribution in [0.5, 0.6) is 0 Å². The van der Waals surface area contributed by atoms with Crippen LogP contribution in [0.25, 0.3) is 0 Å². The van der Waals surface area contributed by atoms with Gasteiger partial charge in [-0.15, -0.1) is 0 Å². The Morgan fingerprint density at radius 2 is 2.40 bits per heavy atom. The molecule has 2 heterocycles. The zero-order valence-electron chi connectivity index (χ0n) is 8.06. The van der Waals surface area contributed by atoms with Crippen LogP contribution in [0.1, 0.15) is 16.9 Å². The van der Waals surface area contributed by atoms with Crippen molar-refractivity contribution in [3.63, 3.8) is 0 Å². The second-order valence-electron chi connectivity index (χ2n) is 3.56. The predicted molar refractivity (Wildman–Crippen MR) is 55.8 cm³/mol. The number of amides is 1. The second-order valence-corrected chi connectivity index (χ2v) is 3.99. The van der Waals surface area contributed by atoms with Crippen LogP contribution in [0, 0.1) is 0 Å². The predicted octanol–water partition coefficient (Wildman–Crippen LogP) is 0.942. The Labute approximate surface area is 92.5 Å². The van der Waals surface area contributed by atoms with Crippen molar-refractivity contribution < 1.29 is 9.90 Å². The lowest BCUT2D eigenvalue weighted by Crippen LogP contribution is -2.30. The van der Waals surface area contributed by atoms with Gasteiger partial charge in [0.15, 0.2) is 0 Å². The lowest BCUT2D eigenvalue weighted by molar-refractivity contribution is 0.0759. The molecule has 80 valence electrons. The van der Waals surface area contributed by atoms with E-state index in [2.05, 4.69) is 4.98 Å². The van der Waals surface area contributed by atoms with Crippen molar-refractivity contribution in [2.45, 2.75) is 12.5 Å². The van der Waals surface area contributed by atoms with E-state index in [1.54, 1.807) is 17.0 Å². The van der Waals surface area contributed by atoms with Crippen LogP contribution in [-0.2, 0) is 0 Å². The molecule has 1 amide bonds. The van der Waals surface area contributed by atoms with E-state index >= 15 is 0 Å². The summed E-state index contributed by atoms with van der Waals surface area (Å²) in [4.78, 5) is 17.4. The smallest absolute Gasteiger partial charge is 0.272 e. The first-order valence-corrected chi connectivity index (χ1v) is 5.13. The largest absolute Gasteiger partial charge is 0.391 e. The molecule has 1 aliphatic heterocycles. The Balaban J connectivity index is 2.11. The fourth-order valence-electron chi connectivity index (χ4n) is 1.59. The third-order valence-corrected chi connectivity index (χ3v) is 2.62. The molecule has 0 radical (unpaired) electrons. The van der Waals surface area contributed by atoms with Crippen LogP contribution in [0.4, 0.5) is 0 Å². The Bertz CT molecular complexity index is 366. The van der Waals surface area contributed by atoms with Crippen LogP contribution in [-0.4, -0.2) is 40.1 Å². The van der Waals surface area contributed by atoms with E-state index in [4.69, 9.17) is 11.6 Å². The molecule has 4 nitrogen and oxygen atoms in total. The SMILES string of the molecule is O=C(c1ccc(Cl)cn1)N1CC[C@@H](O)C1. The molecule has 2 rings (SSSR count). The maximum atomic E-state index is 11.8. The quantitative estimate of drug-likeness (QED) is 0.776. The molecule has 0 aromatic carbocycles. The molecule has 1 fully saturated rings. The van der Waals surface area contributed by atoms with E-state index in [9.17, 15) is 9.90 Å². The first-order valence-electron chi connectivity index (χ1n) is 4.76. The number of hydrogen-bond acceptors (Lipinski definition) is 3. The zero-order chi connectivity index (χ0) is 10.8. The van der Waals surface area contributed by atoms with Crippen molar-refractivity contribution in [1.82, 2.24) is 9.88 Å². The van der Waals surface area contributed by atoms with Gasteiger partial charge in [-0.1, -0.05) is 11.6 Å². The highest BCUT2D eigenvalue weighted by Gasteiger charge is 2.25. The van der Waals surface area contributed by atoms with Crippen molar-refractivity contribution in [3.8, 4) is 0 Å². The summed E-state index contributed by atoms with van der Waals surface area (Å²) in [5.74, 6) is -0.150. The first kappa shape index (κ1) is 10.4. The molecule has 15 heavy (non-hydrogen) atoms. The molecule has 1 aliphatic rings. The minimum absolute atomic E-state index is 0.150. The van der Waals surface area contributed by atoms with E-state index in [1.165, 1.54) is 6.20 Å². The lowest BCUT2D eigenvalue weighted by atomic mass is 10.3. The van der Waals surface area contributed by atoms with Gasteiger partial charge < -0.3 is 10.0 Å². The van der Waals surface area contributed by atoms with Gasteiger partial charge in [0.1, 0.15) is 5.69 Å². The fourth-order valence-corrected chi connectivity index (χ4v) is 1.70. The summed E-state index contributed by atoms with van der Waals surface area (Å²) in [7, 11) is 0. The Hall–Kier alpha value is -1.13.